The van der Waals surface area contributed by atoms with Crippen LogP contribution in [0, 0.1) is 23.0 Å². The van der Waals surface area contributed by atoms with E-state index in [1.54, 1.807) is 4.57 Å². The molecule has 1 aromatic carbocycles. The van der Waals surface area contributed by atoms with Crippen molar-refractivity contribution < 1.29 is 13.6 Å². The number of aldehydes is 1. The van der Waals surface area contributed by atoms with E-state index in [-0.39, 0.29) is 35.7 Å². The zero-order valence-corrected chi connectivity index (χ0v) is 16.6. The van der Waals surface area contributed by atoms with E-state index in [0.717, 1.165) is 29.5 Å². The third kappa shape index (κ3) is 3.68. The molecular formula is C21H20F2N6O2. The Kier molecular flexibility index (Phi) is 5.52. The summed E-state index contributed by atoms with van der Waals surface area (Å²) >= 11 is 0. The van der Waals surface area contributed by atoms with Gasteiger partial charge in [-0.2, -0.15) is 5.26 Å². The molecule has 10 heteroatoms. The van der Waals surface area contributed by atoms with Crippen LogP contribution >= 0.6 is 0 Å². The van der Waals surface area contributed by atoms with E-state index in [4.69, 9.17) is 5.73 Å². The summed E-state index contributed by atoms with van der Waals surface area (Å²) in [5.74, 6) is -1.52. The fraction of sp³-hybridized carbons (Fsp3) is 0.333. The first kappa shape index (κ1) is 20.7. The lowest BCUT2D eigenvalue weighted by molar-refractivity contribution is -0.108. The largest absolute Gasteiger partial charge is 0.355 e. The number of fused-ring (bicyclic) bond motifs is 1. The zero-order valence-electron chi connectivity index (χ0n) is 16.6. The summed E-state index contributed by atoms with van der Waals surface area (Å²) < 4.78 is 30.0. The molecule has 1 fully saturated rings. The SMILES string of the molecule is N#Cc1c(N2CCC[C@H](N)C2)n(Cc2ccc(F)c(F)c2)c2c(=O)n(CC=O)cnc12. The lowest BCUT2D eigenvalue weighted by Crippen LogP contribution is -2.44. The average Bonchev–Trinajstić information content (AvgIpc) is 3.06. The van der Waals surface area contributed by atoms with E-state index in [1.165, 1.54) is 12.4 Å². The summed E-state index contributed by atoms with van der Waals surface area (Å²) in [5.41, 5.74) is 6.58. The number of piperidine rings is 1. The first-order valence-electron chi connectivity index (χ1n) is 9.84. The standard InChI is InChI=1S/C21H20F2N6O2/c22-16-4-3-13(8-17(16)23)10-29-19-18(26-12-28(6-7-30)21(19)31)15(9-24)20(29)27-5-1-2-14(25)11-27/h3-4,7-8,12,14H,1-2,5-6,10-11,25H2/t14-/m0/s1. The van der Waals surface area contributed by atoms with Crippen LogP contribution in [0.25, 0.3) is 11.0 Å². The van der Waals surface area contributed by atoms with Crippen molar-refractivity contribution >= 4 is 23.1 Å². The Balaban J connectivity index is 1.98. The number of hydrogen-bond acceptors (Lipinski definition) is 6. The third-order valence-corrected chi connectivity index (χ3v) is 5.47. The van der Waals surface area contributed by atoms with Crippen LogP contribution in [0.5, 0.6) is 0 Å². The molecule has 1 aliphatic rings. The number of halogens is 2. The van der Waals surface area contributed by atoms with Crippen molar-refractivity contribution in [1.82, 2.24) is 14.1 Å². The van der Waals surface area contributed by atoms with Crippen LogP contribution in [0.15, 0.2) is 29.3 Å². The van der Waals surface area contributed by atoms with Crippen LogP contribution in [0.1, 0.15) is 24.0 Å². The highest BCUT2D eigenvalue weighted by molar-refractivity contribution is 5.89. The van der Waals surface area contributed by atoms with E-state index in [0.29, 0.717) is 30.8 Å². The second-order valence-electron chi connectivity index (χ2n) is 7.56. The molecule has 4 rings (SSSR count). The third-order valence-electron chi connectivity index (χ3n) is 5.47. The van der Waals surface area contributed by atoms with Crippen LogP contribution in [-0.4, -0.2) is 39.5 Å². The smallest absolute Gasteiger partial charge is 0.278 e. The van der Waals surface area contributed by atoms with Gasteiger partial charge in [-0.3, -0.25) is 9.36 Å². The number of carbonyl (C=O) groups excluding carboxylic acids is 1. The van der Waals surface area contributed by atoms with E-state index in [2.05, 4.69) is 11.1 Å². The van der Waals surface area contributed by atoms with Gasteiger partial charge in [-0.25, -0.2) is 13.8 Å². The maximum absolute atomic E-state index is 13.8. The number of rotatable bonds is 5. The number of benzene rings is 1. The Hall–Kier alpha value is -3.58. The Labute approximate surface area is 176 Å². The van der Waals surface area contributed by atoms with E-state index in [9.17, 15) is 23.6 Å². The predicted molar refractivity (Wildman–Crippen MR) is 110 cm³/mol. The average molecular weight is 426 g/mol. The maximum Gasteiger partial charge on any atom is 0.278 e. The highest BCUT2D eigenvalue weighted by Gasteiger charge is 2.28. The van der Waals surface area contributed by atoms with E-state index < -0.39 is 17.2 Å². The van der Waals surface area contributed by atoms with Gasteiger partial charge in [0, 0.05) is 25.7 Å². The van der Waals surface area contributed by atoms with E-state index >= 15 is 0 Å². The van der Waals surface area contributed by atoms with E-state index in [1.807, 2.05) is 4.90 Å². The number of nitriles is 1. The van der Waals surface area contributed by atoms with Crippen molar-refractivity contribution in [2.75, 3.05) is 18.0 Å². The van der Waals surface area contributed by atoms with Gasteiger partial charge in [-0.1, -0.05) is 6.07 Å². The maximum atomic E-state index is 13.8. The van der Waals surface area contributed by atoms with Crippen molar-refractivity contribution in [3.8, 4) is 6.07 Å². The molecule has 2 aromatic heterocycles. The summed E-state index contributed by atoms with van der Waals surface area (Å²) in [4.78, 5) is 30.3. The van der Waals surface area contributed by atoms with Gasteiger partial charge < -0.3 is 20.0 Å². The monoisotopic (exact) mass is 426 g/mol. The molecule has 1 aliphatic heterocycles. The topological polar surface area (TPSA) is 110 Å². The second kappa shape index (κ2) is 8.28. The molecule has 1 saturated heterocycles. The molecule has 0 saturated carbocycles. The first-order valence-corrected chi connectivity index (χ1v) is 9.84. The van der Waals surface area contributed by atoms with Gasteiger partial charge in [0.1, 0.15) is 34.8 Å². The lowest BCUT2D eigenvalue weighted by Gasteiger charge is -2.33. The van der Waals surface area contributed by atoms with Crippen LogP contribution in [0.2, 0.25) is 0 Å². The molecule has 0 unspecified atom stereocenters. The Morgan fingerprint density at radius 3 is 2.81 bits per heavy atom. The van der Waals surface area contributed by atoms with Crippen molar-refractivity contribution in [3.05, 3.63) is 57.6 Å². The van der Waals surface area contributed by atoms with Gasteiger partial charge in [0.05, 0.1) is 12.9 Å². The summed E-state index contributed by atoms with van der Waals surface area (Å²) in [6.07, 6.45) is 3.45. The minimum atomic E-state index is -1.01. The van der Waals surface area contributed by atoms with Gasteiger partial charge >= 0.3 is 0 Å². The summed E-state index contributed by atoms with van der Waals surface area (Å²) in [7, 11) is 0. The highest BCUT2D eigenvalue weighted by atomic mass is 19.2. The molecule has 0 bridgehead atoms. The zero-order chi connectivity index (χ0) is 22.1. The van der Waals surface area contributed by atoms with Crippen LogP contribution in [0.4, 0.5) is 14.6 Å². The highest BCUT2D eigenvalue weighted by Crippen LogP contribution is 2.32. The normalized spacial score (nSPS) is 16.5. The molecule has 3 heterocycles. The lowest BCUT2D eigenvalue weighted by atomic mass is 10.1. The van der Waals surface area contributed by atoms with Crippen LogP contribution in [-0.2, 0) is 17.9 Å². The minimum absolute atomic E-state index is 0.0124. The molecule has 160 valence electrons. The number of nitrogens with two attached hydrogens (primary N) is 1. The Bertz CT molecular complexity index is 1260. The number of nitrogens with zero attached hydrogens (tertiary/aromatic N) is 5. The van der Waals surface area contributed by atoms with Crippen molar-refractivity contribution in [1.29, 1.82) is 5.26 Å². The van der Waals surface area contributed by atoms with Crippen molar-refractivity contribution in [2.45, 2.75) is 32.0 Å². The molecule has 3 aromatic rings. The van der Waals surface area contributed by atoms with Gasteiger partial charge in [0.25, 0.3) is 5.56 Å². The molecule has 0 aliphatic carbocycles. The van der Waals surface area contributed by atoms with Crippen LogP contribution in [0.3, 0.4) is 0 Å². The van der Waals surface area contributed by atoms with Crippen LogP contribution < -0.4 is 16.2 Å². The molecule has 31 heavy (non-hydrogen) atoms. The van der Waals surface area contributed by atoms with Crippen molar-refractivity contribution in [3.63, 3.8) is 0 Å². The van der Waals surface area contributed by atoms with Gasteiger partial charge in [0.15, 0.2) is 11.6 Å². The number of hydrogen-bond donors (Lipinski definition) is 1. The summed E-state index contributed by atoms with van der Waals surface area (Å²) in [6, 6.07) is 5.53. The first-order chi connectivity index (χ1) is 14.9. The molecule has 1 atom stereocenters. The van der Waals surface area contributed by atoms with Crippen molar-refractivity contribution in [2.24, 2.45) is 5.73 Å². The number of aromatic nitrogens is 3. The number of carbonyl (C=O) groups is 1. The van der Waals surface area contributed by atoms with Gasteiger partial charge in [0.2, 0.25) is 0 Å². The molecular weight excluding hydrogens is 406 g/mol. The Morgan fingerprint density at radius 1 is 1.32 bits per heavy atom. The number of anilines is 1. The molecule has 2 N–H and O–H groups in total. The fourth-order valence-electron chi connectivity index (χ4n) is 4.07. The quantitative estimate of drug-likeness (QED) is 0.620. The molecule has 0 spiro atoms. The summed E-state index contributed by atoms with van der Waals surface area (Å²) in [5, 5.41) is 9.90. The van der Waals surface area contributed by atoms with Gasteiger partial charge in [-0.05, 0) is 30.5 Å². The fourth-order valence-corrected chi connectivity index (χ4v) is 4.07. The summed E-state index contributed by atoms with van der Waals surface area (Å²) in [6.45, 7) is 0.923. The molecule has 0 radical (unpaired) electrons. The minimum Gasteiger partial charge on any atom is -0.355 e. The predicted octanol–water partition coefficient (Wildman–Crippen LogP) is 1.52. The van der Waals surface area contributed by atoms with Gasteiger partial charge in [-0.15, -0.1) is 0 Å². The molecule has 8 nitrogen and oxygen atoms in total. The Morgan fingerprint density at radius 2 is 2.13 bits per heavy atom. The second-order valence-corrected chi connectivity index (χ2v) is 7.56. The molecule has 0 amide bonds.